The molecule has 0 spiro atoms. The van der Waals surface area contributed by atoms with Crippen molar-refractivity contribution in [2.24, 2.45) is 0 Å². The number of hydrogen-bond acceptors (Lipinski definition) is 4. The van der Waals surface area contributed by atoms with Gasteiger partial charge in [-0.2, -0.15) is 0 Å². The number of hydrogen-bond donors (Lipinski definition) is 3. The molecule has 1 atom stereocenters. The Morgan fingerprint density at radius 2 is 2.16 bits per heavy atom. The molecule has 0 saturated heterocycles. The summed E-state index contributed by atoms with van der Waals surface area (Å²) in [4.78, 5) is 15.3. The Bertz CT molecular complexity index is 391. The van der Waals surface area contributed by atoms with Gasteiger partial charge in [-0.05, 0) is 24.5 Å². The van der Waals surface area contributed by atoms with Gasteiger partial charge in [-0.25, -0.2) is 0 Å². The van der Waals surface area contributed by atoms with Gasteiger partial charge in [-0.1, -0.05) is 25.8 Å². The predicted molar refractivity (Wildman–Crippen MR) is 75.2 cm³/mol. The van der Waals surface area contributed by atoms with E-state index in [0.717, 1.165) is 6.42 Å². The van der Waals surface area contributed by atoms with Crippen molar-refractivity contribution in [2.45, 2.75) is 37.9 Å². The first kappa shape index (κ1) is 17.9. The Kier molecular flexibility index (Phi) is 7.67. The monoisotopic (exact) mass is 287 g/mol. The molecule has 0 amide bonds. The summed E-state index contributed by atoms with van der Waals surface area (Å²) in [5.41, 5.74) is 0.684. The molecule has 106 valence electrons. The molecule has 0 fully saturated rings. The highest BCUT2D eigenvalue weighted by atomic mass is 35.5. The molecule has 1 aromatic rings. The third-order valence-corrected chi connectivity index (χ3v) is 3.14. The van der Waals surface area contributed by atoms with Crippen LogP contribution in [0.5, 0.6) is 0 Å². The van der Waals surface area contributed by atoms with E-state index in [2.05, 4.69) is 4.98 Å². The molecule has 0 aromatic carbocycles. The van der Waals surface area contributed by atoms with E-state index in [0.29, 0.717) is 12.0 Å². The fraction of sp³-hybridized carbons (Fsp3) is 0.500. The van der Waals surface area contributed by atoms with E-state index in [9.17, 15) is 19.9 Å². The van der Waals surface area contributed by atoms with Crippen LogP contribution >= 0.6 is 12.4 Å². The lowest BCUT2D eigenvalue weighted by Crippen LogP contribution is -2.41. The summed E-state index contributed by atoms with van der Waals surface area (Å²) in [6.45, 7) is 1.93. The van der Waals surface area contributed by atoms with Gasteiger partial charge in [0.1, 0.15) is 5.31 Å². The zero-order valence-electron chi connectivity index (χ0n) is 10.8. The number of carboxylic acid groups (broad SMARTS) is 1. The molecule has 0 saturated carbocycles. The second-order valence-electron chi connectivity index (χ2n) is 4.48. The second kappa shape index (κ2) is 8.14. The highest BCUT2D eigenvalue weighted by molar-refractivity contribution is 6.51. The second-order valence-corrected chi connectivity index (χ2v) is 4.48. The summed E-state index contributed by atoms with van der Waals surface area (Å²) in [6, 6.07) is 3.44. The minimum Gasteiger partial charge on any atom is -0.481 e. The van der Waals surface area contributed by atoms with Crippen LogP contribution in [0.1, 0.15) is 31.7 Å². The van der Waals surface area contributed by atoms with Crippen molar-refractivity contribution in [3.8, 4) is 0 Å². The normalized spacial score (nSPS) is 13.2. The molecule has 0 radical (unpaired) electrons. The molecule has 0 aliphatic heterocycles. The maximum Gasteiger partial charge on any atom is 0.470 e. The van der Waals surface area contributed by atoms with E-state index >= 15 is 0 Å². The first-order valence-corrected chi connectivity index (χ1v) is 6.01. The molecule has 1 aromatic heterocycles. The van der Waals surface area contributed by atoms with Gasteiger partial charge in [0.2, 0.25) is 0 Å². The topological polar surface area (TPSA) is 90.7 Å². The lowest BCUT2D eigenvalue weighted by Gasteiger charge is -2.28. The largest absolute Gasteiger partial charge is 0.481 e. The number of unbranched alkanes of at least 4 members (excludes halogenated alkanes) is 1. The highest BCUT2D eigenvalue weighted by Gasteiger charge is 2.48. The third-order valence-electron chi connectivity index (χ3n) is 3.14. The van der Waals surface area contributed by atoms with Gasteiger partial charge >= 0.3 is 13.1 Å². The number of aromatic nitrogens is 1. The minimum atomic E-state index is -1.89. The fourth-order valence-corrected chi connectivity index (χ4v) is 1.96. The predicted octanol–water partition coefficient (Wildman–Crippen LogP) is 1.53. The van der Waals surface area contributed by atoms with Gasteiger partial charge in [0.15, 0.2) is 0 Å². The van der Waals surface area contributed by atoms with Crippen molar-refractivity contribution in [1.29, 1.82) is 0 Å². The lowest BCUT2D eigenvalue weighted by molar-refractivity contribution is -0.141. The first-order chi connectivity index (χ1) is 8.53. The van der Waals surface area contributed by atoms with Gasteiger partial charge in [-0.3, -0.25) is 9.78 Å². The van der Waals surface area contributed by atoms with Crippen molar-refractivity contribution >= 4 is 25.5 Å². The number of halogens is 1. The average molecular weight is 288 g/mol. The van der Waals surface area contributed by atoms with Gasteiger partial charge in [0, 0.05) is 12.4 Å². The number of aliphatic carboxylic acids is 1. The number of nitrogens with zero attached hydrogens (tertiary/aromatic N) is 1. The highest BCUT2D eigenvalue weighted by Crippen LogP contribution is 2.38. The van der Waals surface area contributed by atoms with Crippen molar-refractivity contribution < 1.29 is 19.9 Å². The van der Waals surface area contributed by atoms with E-state index in [1.54, 1.807) is 24.5 Å². The summed E-state index contributed by atoms with van der Waals surface area (Å²) in [6.07, 6.45) is 4.86. The Morgan fingerprint density at radius 3 is 2.58 bits per heavy atom. The van der Waals surface area contributed by atoms with Crippen LogP contribution in [0.15, 0.2) is 24.5 Å². The van der Waals surface area contributed by atoms with E-state index in [1.807, 2.05) is 6.92 Å². The van der Waals surface area contributed by atoms with Crippen LogP contribution in [0.4, 0.5) is 0 Å². The van der Waals surface area contributed by atoms with Gasteiger partial charge < -0.3 is 15.2 Å². The fourth-order valence-electron chi connectivity index (χ4n) is 1.96. The standard InChI is InChI=1S/C12H18BNO4.ClH/c1-2-3-6-12(11(15)16,13(17)18)8-10-5-4-7-14-9-10;/h4-5,7,9,17-18H,2-3,6,8H2,1H3,(H,15,16);1H. The average Bonchev–Trinajstić information content (AvgIpc) is 2.35. The Morgan fingerprint density at radius 1 is 1.47 bits per heavy atom. The number of carbonyl (C=O) groups is 1. The maximum absolute atomic E-state index is 11.4. The molecule has 1 heterocycles. The summed E-state index contributed by atoms with van der Waals surface area (Å²) in [7, 11) is -1.89. The molecular weight excluding hydrogens is 268 g/mol. The molecule has 0 bridgehead atoms. The maximum atomic E-state index is 11.4. The Labute approximate surface area is 119 Å². The third kappa shape index (κ3) is 4.49. The SMILES string of the molecule is CCCCC(Cc1cccnc1)(B(O)O)C(=O)O.Cl. The van der Waals surface area contributed by atoms with Crippen molar-refractivity contribution in [1.82, 2.24) is 4.98 Å². The van der Waals surface area contributed by atoms with Crippen LogP contribution in [0, 0.1) is 0 Å². The number of rotatable bonds is 7. The molecule has 1 unspecified atom stereocenters. The summed E-state index contributed by atoms with van der Waals surface area (Å²) < 4.78 is 0. The van der Waals surface area contributed by atoms with E-state index in [4.69, 9.17) is 0 Å². The summed E-state index contributed by atoms with van der Waals surface area (Å²) in [5.74, 6) is -1.19. The van der Waals surface area contributed by atoms with Crippen molar-refractivity contribution in [3.05, 3.63) is 30.1 Å². The molecule has 0 aliphatic carbocycles. The van der Waals surface area contributed by atoms with Gasteiger partial charge in [0.05, 0.1) is 0 Å². The zero-order chi connectivity index (χ0) is 13.6. The van der Waals surface area contributed by atoms with Crippen LogP contribution < -0.4 is 0 Å². The van der Waals surface area contributed by atoms with E-state index in [1.165, 1.54) is 0 Å². The molecule has 5 nitrogen and oxygen atoms in total. The summed E-state index contributed by atoms with van der Waals surface area (Å²) in [5, 5.41) is 26.7. The van der Waals surface area contributed by atoms with Gasteiger partial charge in [-0.15, -0.1) is 12.4 Å². The van der Waals surface area contributed by atoms with Crippen LogP contribution in [-0.2, 0) is 11.2 Å². The molecule has 3 N–H and O–H groups in total. The minimum absolute atomic E-state index is 0. The van der Waals surface area contributed by atoms with Crippen LogP contribution in [-0.4, -0.2) is 33.2 Å². The molecule has 1 rings (SSSR count). The Balaban J connectivity index is 0.00000324. The smallest absolute Gasteiger partial charge is 0.470 e. The molecule has 7 heteroatoms. The molecular formula is C12H19BClNO4. The van der Waals surface area contributed by atoms with Crippen molar-refractivity contribution in [3.63, 3.8) is 0 Å². The quantitative estimate of drug-likeness (QED) is 0.662. The van der Waals surface area contributed by atoms with E-state index in [-0.39, 0.29) is 25.2 Å². The van der Waals surface area contributed by atoms with Crippen LogP contribution in [0.3, 0.4) is 0 Å². The molecule has 19 heavy (non-hydrogen) atoms. The first-order valence-electron chi connectivity index (χ1n) is 6.01. The van der Waals surface area contributed by atoms with Gasteiger partial charge in [0.25, 0.3) is 0 Å². The lowest BCUT2D eigenvalue weighted by atomic mass is 9.53. The van der Waals surface area contributed by atoms with Crippen molar-refractivity contribution in [2.75, 3.05) is 0 Å². The number of carboxylic acids is 1. The number of pyridine rings is 1. The summed E-state index contributed by atoms with van der Waals surface area (Å²) >= 11 is 0. The van der Waals surface area contributed by atoms with Crippen LogP contribution in [0.25, 0.3) is 0 Å². The Hall–Kier alpha value is -1.11. The molecule has 0 aliphatic rings. The zero-order valence-corrected chi connectivity index (χ0v) is 11.6. The van der Waals surface area contributed by atoms with E-state index < -0.39 is 18.4 Å². The van der Waals surface area contributed by atoms with Crippen LogP contribution in [0.2, 0.25) is 5.31 Å².